The molecular weight excluding hydrogens is 416 g/mol. The molecule has 1 aromatic carbocycles. The molecule has 1 N–H and O–H groups in total. The van der Waals surface area contributed by atoms with E-state index in [1.54, 1.807) is 24.3 Å². The van der Waals surface area contributed by atoms with Crippen LogP contribution in [0.4, 0.5) is 5.69 Å². The first kappa shape index (κ1) is 21.4. The highest BCUT2D eigenvalue weighted by atomic mass is 32.2. The molecule has 4 amide bonds. The molecule has 3 unspecified atom stereocenters. The molecule has 1 aliphatic carbocycles. The third-order valence-electron chi connectivity index (χ3n) is 6.27. The topological polar surface area (TPSA) is 111 Å². The first-order valence-corrected chi connectivity index (χ1v) is 11.7. The van der Waals surface area contributed by atoms with Gasteiger partial charge in [0.05, 0.1) is 29.3 Å². The number of benzene rings is 1. The number of rotatable bonds is 5. The number of thioether (sulfide) groups is 1. The minimum absolute atomic E-state index is 0.0259. The molecule has 2 aliphatic heterocycles. The molecule has 0 radical (unpaired) electrons. The monoisotopic (exact) mass is 440 g/mol. The fourth-order valence-corrected chi connectivity index (χ4v) is 5.74. The average Bonchev–Trinajstić information content (AvgIpc) is 3.37. The Labute approximate surface area is 184 Å². The summed E-state index contributed by atoms with van der Waals surface area (Å²) in [6.45, 7) is 0.0780. The number of hydrogen-bond acceptors (Lipinski definition) is 6. The Balaban J connectivity index is 1.34. The maximum Gasteiger partial charge on any atom is 0.248 e. The number of hydrogen-bond donors (Lipinski definition) is 1. The maximum absolute atomic E-state index is 12.8. The van der Waals surface area contributed by atoms with Crippen LogP contribution in [-0.2, 0) is 19.2 Å². The number of amides is 4. The number of carbonyl (C=O) groups is 4. The van der Waals surface area contributed by atoms with Crippen molar-refractivity contribution < 1.29 is 19.2 Å². The molecule has 1 aromatic rings. The molecule has 3 atom stereocenters. The third kappa shape index (κ3) is 4.30. The predicted molar refractivity (Wildman–Crippen MR) is 115 cm³/mol. The van der Waals surface area contributed by atoms with Crippen LogP contribution in [0.25, 0.3) is 0 Å². The van der Waals surface area contributed by atoms with Crippen molar-refractivity contribution in [2.24, 2.45) is 11.8 Å². The third-order valence-corrected chi connectivity index (χ3v) is 7.28. The van der Waals surface area contributed by atoms with Crippen molar-refractivity contribution in [1.82, 2.24) is 9.80 Å². The van der Waals surface area contributed by atoms with Gasteiger partial charge < -0.3 is 10.2 Å². The smallest absolute Gasteiger partial charge is 0.248 e. The predicted octanol–water partition coefficient (Wildman–Crippen LogP) is 1.96. The SMILES string of the molecule is N#Cc1ccc(NC(=O)C2CSCN2C(=O)CCN2C(=O)C3CCCCC3C2=O)cc1. The molecular formula is C22H24N4O4S. The second-order valence-corrected chi connectivity index (χ2v) is 9.13. The molecule has 3 fully saturated rings. The van der Waals surface area contributed by atoms with Crippen molar-refractivity contribution in [3.8, 4) is 6.07 Å². The van der Waals surface area contributed by atoms with Crippen LogP contribution in [-0.4, -0.2) is 57.6 Å². The summed E-state index contributed by atoms with van der Waals surface area (Å²) >= 11 is 1.49. The largest absolute Gasteiger partial charge is 0.324 e. The molecule has 1 saturated carbocycles. The maximum atomic E-state index is 12.8. The second-order valence-electron chi connectivity index (χ2n) is 8.13. The Bertz CT molecular complexity index is 918. The zero-order chi connectivity index (χ0) is 22.0. The number of nitriles is 1. The molecule has 0 spiro atoms. The minimum Gasteiger partial charge on any atom is -0.324 e. The lowest BCUT2D eigenvalue weighted by Gasteiger charge is -2.24. The summed E-state index contributed by atoms with van der Waals surface area (Å²) in [5.41, 5.74) is 1.06. The lowest BCUT2D eigenvalue weighted by molar-refractivity contribution is -0.142. The van der Waals surface area contributed by atoms with Gasteiger partial charge in [-0.25, -0.2) is 0 Å². The summed E-state index contributed by atoms with van der Waals surface area (Å²) in [5, 5.41) is 11.7. The van der Waals surface area contributed by atoms with Gasteiger partial charge in [-0.3, -0.25) is 24.1 Å². The second kappa shape index (κ2) is 9.10. The van der Waals surface area contributed by atoms with E-state index in [4.69, 9.17) is 5.26 Å². The van der Waals surface area contributed by atoms with Crippen molar-refractivity contribution in [2.75, 3.05) is 23.5 Å². The van der Waals surface area contributed by atoms with Crippen LogP contribution >= 0.6 is 11.8 Å². The van der Waals surface area contributed by atoms with Gasteiger partial charge in [-0.05, 0) is 37.1 Å². The van der Waals surface area contributed by atoms with Crippen LogP contribution in [0.2, 0.25) is 0 Å². The van der Waals surface area contributed by atoms with Crippen molar-refractivity contribution in [3.63, 3.8) is 0 Å². The van der Waals surface area contributed by atoms with Crippen molar-refractivity contribution in [1.29, 1.82) is 5.26 Å². The van der Waals surface area contributed by atoms with E-state index in [2.05, 4.69) is 5.32 Å². The van der Waals surface area contributed by atoms with E-state index in [0.717, 1.165) is 25.7 Å². The molecule has 3 aliphatic rings. The van der Waals surface area contributed by atoms with Crippen LogP contribution in [0.5, 0.6) is 0 Å². The van der Waals surface area contributed by atoms with Gasteiger partial charge in [-0.1, -0.05) is 12.8 Å². The molecule has 0 bridgehead atoms. The van der Waals surface area contributed by atoms with Crippen molar-refractivity contribution in [3.05, 3.63) is 29.8 Å². The van der Waals surface area contributed by atoms with E-state index < -0.39 is 6.04 Å². The molecule has 9 heteroatoms. The van der Waals surface area contributed by atoms with Gasteiger partial charge in [0.1, 0.15) is 6.04 Å². The summed E-state index contributed by atoms with van der Waals surface area (Å²) in [6, 6.07) is 7.94. The van der Waals surface area contributed by atoms with Crippen LogP contribution in [0, 0.1) is 23.2 Å². The Morgan fingerprint density at radius 1 is 1.10 bits per heavy atom. The first-order chi connectivity index (χ1) is 15.0. The molecule has 8 nitrogen and oxygen atoms in total. The van der Waals surface area contributed by atoms with E-state index in [1.807, 2.05) is 6.07 Å². The Morgan fingerprint density at radius 3 is 2.35 bits per heavy atom. The fourth-order valence-electron chi connectivity index (χ4n) is 4.56. The molecule has 2 saturated heterocycles. The zero-order valence-corrected chi connectivity index (χ0v) is 17.9. The van der Waals surface area contributed by atoms with E-state index >= 15 is 0 Å². The molecule has 162 valence electrons. The normalized spacial score (nSPS) is 25.3. The molecule has 31 heavy (non-hydrogen) atoms. The average molecular weight is 441 g/mol. The van der Waals surface area contributed by atoms with Gasteiger partial charge in [-0.15, -0.1) is 11.8 Å². The number of imide groups is 1. The highest BCUT2D eigenvalue weighted by Gasteiger charge is 2.48. The van der Waals surface area contributed by atoms with Crippen LogP contribution in [0.3, 0.4) is 0 Å². The molecule has 2 heterocycles. The summed E-state index contributed by atoms with van der Waals surface area (Å²) in [7, 11) is 0. The summed E-state index contributed by atoms with van der Waals surface area (Å²) in [4.78, 5) is 53.5. The summed E-state index contributed by atoms with van der Waals surface area (Å²) < 4.78 is 0. The molecule has 4 rings (SSSR count). The summed E-state index contributed by atoms with van der Waals surface area (Å²) in [6.07, 6.45) is 3.46. The van der Waals surface area contributed by atoms with E-state index in [-0.39, 0.29) is 48.4 Å². The summed E-state index contributed by atoms with van der Waals surface area (Å²) in [5.74, 6) is -0.365. The number of anilines is 1. The van der Waals surface area contributed by atoms with E-state index in [1.165, 1.54) is 21.6 Å². The van der Waals surface area contributed by atoms with Crippen molar-refractivity contribution in [2.45, 2.75) is 38.1 Å². The van der Waals surface area contributed by atoms with Gasteiger partial charge in [-0.2, -0.15) is 5.26 Å². The van der Waals surface area contributed by atoms with E-state index in [9.17, 15) is 19.2 Å². The van der Waals surface area contributed by atoms with Gasteiger partial charge in [0.15, 0.2) is 0 Å². The number of fused-ring (bicyclic) bond motifs is 1. The van der Waals surface area contributed by atoms with Crippen LogP contribution in [0.1, 0.15) is 37.7 Å². The number of nitrogens with one attached hydrogen (secondary N) is 1. The van der Waals surface area contributed by atoms with Crippen LogP contribution < -0.4 is 5.32 Å². The number of likely N-dealkylation sites (tertiary alicyclic amines) is 1. The number of nitrogens with zero attached hydrogens (tertiary/aromatic N) is 3. The zero-order valence-electron chi connectivity index (χ0n) is 17.1. The minimum atomic E-state index is -0.610. The Morgan fingerprint density at radius 2 is 1.74 bits per heavy atom. The fraction of sp³-hybridized carbons (Fsp3) is 0.500. The highest BCUT2D eigenvalue weighted by Crippen LogP contribution is 2.38. The molecule has 0 aromatic heterocycles. The van der Waals surface area contributed by atoms with Crippen molar-refractivity contribution >= 4 is 41.1 Å². The Hall–Kier alpha value is -2.86. The first-order valence-electron chi connectivity index (χ1n) is 10.5. The highest BCUT2D eigenvalue weighted by molar-refractivity contribution is 7.99. The number of carbonyl (C=O) groups excluding carboxylic acids is 4. The lowest BCUT2D eigenvalue weighted by Crippen LogP contribution is -2.45. The quantitative estimate of drug-likeness (QED) is 0.701. The van der Waals surface area contributed by atoms with Gasteiger partial charge in [0.25, 0.3) is 0 Å². The Kier molecular flexibility index (Phi) is 6.28. The van der Waals surface area contributed by atoms with Gasteiger partial charge >= 0.3 is 0 Å². The standard InChI is InChI=1S/C22H24N4O4S/c23-11-14-5-7-15(8-6-14)24-20(28)18-12-31-13-26(18)19(27)9-10-25-21(29)16-3-1-2-4-17(16)22(25)30/h5-8,16-18H,1-4,9-10,12-13H2,(H,24,28). The lowest BCUT2D eigenvalue weighted by atomic mass is 9.81. The van der Waals surface area contributed by atoms with Crippen LogP contribution in [0.15, 0.2) is 24.3 Å². The van der Waals surface area contributed by atoms with E-state index in [0.29, 0.717) is 22.9 Å². The van der Waals surface area contributed by atoms with Gasteiger partial charge in [0.2, 0.25) is 23.6 Å². The van der Waals surface area contributed by atoms with Gasteiger partial charge in [0, 0.05) is 24.4 Å².